The molecule has 1 aliphatic rings. The van der Waals surface area contributed by atoms with E-state index >= 15 is 0 Å². The van der Waals surface area contributed by atoms with Crippen LogP contribution in [0.4, 0.5) is 13.2 Å². The third-order valence-corrected chi connectivity index (χ3v) is 4.33. The smallest absolute Gasteiger partial charge is 0.416 e. The monoisotopic (exact) mass is 381 g/mol. The Hall–Kier alpha value is -2.84. The van der Waals surface area contributed by atoms with E-state index in [1.807, 2.05) is 0 Å². The Balaban J connectivity index is 1.81. The number of H-pyrrole nitrogens is 1. The molecule has 2 aromatic rings. The molecule has 0 radical (unpaired) electrons. The SMILES string of the molecule is COc1cc(C(F)(F)F)ccc1[C@H](C)NC(=O)c1cc(=O)[nH]c(C2CC2)n1. The first-order valence-corrected chi connectivity index (χ1v) is 8.36. The van der Waals surface area contributed by atoms with Gasteiger partial charge in [0.05, 0.1) is 18.7 Å². The molecule has 1 atom stereocenters. The summed E-state index contributed by atoms with van der Waals surface area (Å²) in [6, 6.07) is 3.51. The minimum Gasteiger partial charge on any atom is -0.496 e. The number of hydrogen-bond donors (Lipinski definition) is 2. The number of nitrogens with zero attached hydrogens (tertiary/aromatic N) is 1. The van der Waals surface area contributed by atoms with Gasteiger partial charge in [0.25, 0.3) is 11.5 Å². The molecule has 144 valence electrons. The van der Waals surface area contributed by atoms with Gasteiger partial charge in [0.1, 0.15) is 17.3 Å². The van der Waals surface area contributed by atoms with E-state index in [0.29, 0.717) is 11.4 Å². The van der Waals surface area contributed by atoms with Gasteiger partial charge in [-0.2, -0.15) is 13.2 Å². The lowest BCUT2D eigenvalue weighted by Gasteiger charge is -2.19. The zero-order valence-electron chi connectivity index (χ0n) is 14.7. The van der Waals surface area contributed by atoms with Crippen molar-refractivity contribution < 1.29 is 22.7 Å². The van der Waals surface area contributed by atoms with Gasteiger partial charge in [-0.05, 0) is 31.9 Å². The summed E-state index contributed by atoms with van der Waals surface area (Å²) < 4.78 is 43.6. The van der Waals surface area contributed by atoms with Crippen LogP contribution in [-0.4, -0.2) is 23.0 Å². The molecule has 1 aromatic carbocycles. The van der Waals surface area contributed by atoms with Gasteiger partial charge in [-0.3, -0.25) is 9.59 Å². The average Bonchev–Trinajstić information content (AvgIpc) is 3.44. The molecule has 0 bridgehead atoms. The highest BCUT2D eigenvalue weighted by Crippen LogP contribution is 2.37. The van der Waals surface area contributed by atoms with Gasteiger partial charge < -0.3 is 15.0 Å². The molecular formula is C18H18F3N3O3. The van der Waals surface area contributed by atoms with Gasteiger partial charge in [-0.25, -0.2) is 4.98 Å². The number of benzene rings is 1. The molecule has 1 heterocycles. The molecule has 1 aromatic heterocycles. The minimum absolute atomic E-state index is 0.00941. The molecule has 0 spiro atoms. The molecule has 1 saturated carbocycles. The fraction of sp³-hybridized carbons (Fsp3) is 0.389. The van der Waals surface area contributed by atoms with Crippen molar-refractivity contribution in [1.82, 2.24) is 15.3 Å². The quantitative estimate of drug-likeness (QED) is 0.833. The van der Waals surface area contributed by atoms with Crippen molar-refractivity contribution in [3.8, 4) is 5.75 Å². The molecule has 0 aliphatic heterocycles. The average molecular weight is 381 g/mol. The fourth-order valence-corrected chi connectivity index (χ4v) is 2.74. The van der Waals surface area contributed by atoms with Crippen LogP contribution in [0, 0.1) is 0 Å². The third kappa shape index (κ3) is 4.29. The minimum atomic E-state index is -4.49. The second-order valence-corrected chi connectivity index (χ2v) is 6.44. The van der Waals surface area contributed by atoms with Gasteiger partial charge in [0.2, 0.25) is 0 Å². The summed E-state index contributed by atoms with van der Waals surface area (Å²) in [6.45, 7) is 1.61. The number of aromatic amines is 1. The molecule has 1 amide bonds. The highest BCUT2D eigenvalue weighted by molar-refractivity contribution is 5.92. The number of nitrogens with one attached hydrogen (secondary N) is 2. The summed E-state index contributed by atoms with van der Waals surface area (Å²) in [5, 5.41) is 2.64. The maximum absolute atomic E-state index is 12.8. The van der Waals surface area contributed by atoms with Gasteiger partial charge in [-0.1, -0.05) is 6.07 Å². The summed E-state index contributed by atoms with van der Waals surface area (Å²) in [5.74, 6) is 0.0675. The van der Waals surface area contributed by atoms with E-state index in [1.165, 1.54) is 13.2 Å². The predicted molar refractivity (Wildman–Crippen MR) is 90.7 cm³/mol. The van der Waals surface area contributed by atoms with E-state index in [2.05, 4.69) is 15.3 Å². The van der Waals surface area contributed by atoms with Crippen molar-refractivity contribution in [2.75, 3.05) is 7.11 Å². The number of carbonyl (C=O) groups excluding carboxylic acids is 1. The number of rotatable bonds is 5. The number of methoxy groups -OCH3 is 1. The molecule has 1 aliphatic carbocycles. The van der Waals surface area contributed by atoms with Crippen LogP contribution in [-0.2, 0) is 6.18 Å². The third-order valence-electron chi connectivity index (χ3n) is 4.33. The topological polar surface area (TPSA) is 84.1 Å². The summed E-state index contributed by atoms with van der Waals surface area (Å²) in [5.41, 5.74) is -0.909. The Kier molecular flexibility index (Phi) is 4.95. The van der Waals surface area contributed by atoms with Crippen molar-refractivity contribution in [3.63, 3.8) is 0 Å². The standard InChI is InChI=1S/C18H18F3N3O3/c1-9(12-6-5-11(18(19,20)21)7-14(12)27-2)22-17(26)13-8-15(25)24-16(23-13)10-3-4-10/h5-10H,3-4H2,1-2H3,(H,22,26)(H,23,24,25)/t9-/m0/s1. The van der Waals surface area contributed by atoms with Crippen LogP contribution in [0.15, 0.2) is 29.1 Å². The predicted octanol–water partition coefficient (Wildman–Crippen LogP) is 3.17. The first-order chi connectivity index (χ1) is 12.7. The largest absolute Gasteiger partial charge is 0.496 e. The lowest BCUT2D eigenvalue weighted by Crippen LogP contribution is -2.29. The summed E-state index contributed by atoms with van der Waals surface area (Å²) in [6.07, 6.45) is -2.67. The highest BCUT2D eigenvalue weighted by Gasteiger charge is 2.32. The number of carbonyl (C=O) groups is 1. The van der Waals surface area contributed by atoms with E-state index in [0.717, 1.165) is 31.0 Å². The Bertz CT molecular complexity index is 920. The second-order valence-electron chi connectivity index (χ2n) is 6.44. The zero-order chi connectivity index (χ0) is 19.8. The number of hydrogen-bond acceptors (Lipinski definition) is 4. The summed E-state index contributed by atoms with van der Waals surface area (Å²) >= 11 is 0. The lowest BCUT2D eigenvalue weighted by molar-refractivity contribution is -0.137. The van der Waals surface area contributed by atoms with Crippen molar-refractivity contribution in [2.24, 2.45) is 0 Å². The van der Waals surface area contributed by atoms with Crippen LogP contribution < -0.4 is 15.6 Å². The van der Waals surface area contributed by atoms with Gasteiger partial charge >= 0.3 is 6.18 Å². The van der Waals surface area contributed by atoms with E-state index < -0.39 is 29.2 Å². The molecule has 2 N–H and O–H groups in total. The maximum Gasteiger partial charge on any atom is 0.416 e. The first-order valence-electron chi connectivity index (χ1n) is 8.36. The van der Waals surface area contributed by atoms with Crippen LogP contribution in [0.1, 0.15) is 59.2 Å². The summed E-state index contributed by atoms with van der Waals surface area (Å²) in [7, 11) is 1.26. The number of halogens is 3. The Labute approximate surface area is 152 Å². The van der Waals surface area contributed by atoms with Crippen LogP contribution in [0.25, 0.3) is 0 Å². The second kappa shape index (κ2) is 7.05. The van der Waals surface area contributed by atoms with E-state index in [9.17, 15) is 22.8 Å². The van der Waals surface area contributed by atoms with Crippen molar-refractivity contribution in [2.45, 2.75) is 37.9 Å². The molecule has 3 rings (SSSR count). The molecule has 0 unspecified atom stereocenters. The number of amides is 1. The normalized spacial score (nSPS) is 15.3. The Morgan fingerprint density at radius 3 is 2.63 bits per heavy atom. The first kappa shape index (κ1) is 18.9. The molecule has 1 fully saturated rings. The number of aromatic nitrogens is 2. The van der Waals surface area contributed by atoms with Crippen molar-refractivity contribution in [1.29, 1.82) is 0 Å². The van der Waals surface area contributed by atoms with Crippen LogP contribution in [0.2, 0.25) is 0 Å². The van der Waals surface area contributed by atoms with Crippen molar-refractivity contribution in [3.05, 3.63) is 57.3 Å². The van der Waals surface area contributed by atoms with Crippen molar-refractivity contribution >= 4 is 5.91 Å². The van der Waals surface area contributed by atoms with Gasteiger partial charge in [0.15, 0.2) is 0 Å². The van der Waals surface area contributed by atoms with E-state index in [-0.39, 0.29) is 17.4 Å². The fourth-order valence-electron chi connectivity index (χ4n) is 2.74. The molecular weight excluding hydrogens is 363 g/mol. The Morgan fingerprint density at radius 1 is 1.33 bits per heavy atom. The maximum atomic E-state index is 12.8. The number of alkyl halides is 3. The lowest BCUT2D eigenvalue weighted by atomic mass is 10.0. The Morgan fingerprint density at radius 2 is 2.04 bits per heavy atom. The van der Waals surface area contributed by atoms with Crippen LogP contribution >= 0.6 is 0 Å². The molecule has 0 saturated heterocycles. The zero-order valence-corrected chi connectivity index (χ0v) is 14.7. The molecule has 9 heteroatoms. The van der Waals surface area contributed by atoms with E-state index in [1.54, 1.807) is 6.92 Å². The van der Waals surface area contributed by atoms with Gasteiger partial charge in [0, 0.05) is 17.5 Å². The summed E-state index contributed by atoms with van der Waals surface area (Å²) in [4.78, 5) is 31.0. The molecule has 27 heavy (non-hydrogen) atoms. The number of ether oxygens (including phenoxy) is 1. The van der Waals surface area contributed by atoms with E-state index in [4.69, 9.17) is 4.74 Å². The van der Waals surface area contributed by atoms with Crippen LogP contribution in [0.5, 0.6) is 5.75 Å². The van der Waals surface area contributed by atoms with Crippen LogP contribution in [0.3, 0.4) is 0 Å². The van der Waals surface area contributed by atoms with Gasteiger partial charge in [-0.15, -0.1) is 0 Å². The molecule has 6 nitrogen and oxygen atoms in total. The highest BCUT2D eigenvalue weighted by atomic mass is 19.4.